The number of amides is 1. The zero-order valence-corrected chi connectivity index (χ0v) is 9.36. The molecular formula is C13H14N2O. The molecule has 3 heteroatoms. The molecular weight excluding hydrogens is 200 g/mol. The lowest BCUT2D eigenvalue weighted by Gasteiger charge is -2.28. The topological polar surface area (TPSA) is 44.1 Å². The van der Waals surface area contributed by atoms with E-state index in [1.54, 1.807) is 4.90 Å². The molecule has 0 unspecified atom stereocenters. The van der Waals surface area contributed by atoms with E-state index in [4.69, 9.17) is 5.26 Å². The first kappa shape index (κ1) is 10.7. The van der Waals surface area contributed by atoms with Crippen LogP contribution in [0, 0.1) is 18.3 Å². The maximum Gasteiger partial charge on any atom is 0.254 e. The van der Waals surface area contributed by atoms with Crippen LogP contribution in [0.4, 0.5) is 0 Å². The smallest absolute Gasteiger partial charge is 0.254 e. The summed E-state index contributed by atoms with van der Waals surface area (Å²) in [6.07, 6.45) is 1.31. The molecule has 1 aliphatic rings. The highest BCUT2D eigenvalue weighted by molar-refractivity contribution is 5.96. The van der Waals surface area contributed by atoms with E-state index in [9.17, 15) is 4.79 Å². The number of nitriles is 1. The third kappa shape index (κ3) is 1.92. The van der Waals surface area contributed by atoms with Crippen LogP contribution in [0.15, 0.2) is 18.2 Å². The van der Waals surface area contributed by atoms with Crippen LogP contribution in [0.25, 0.3) is 0 Å². The van der Waals surface area contributed by atoms with Crippen LogP contribution in [-0.4, -0.2) is 23.9 Å². The molecule has 0 N–H and O–H groups in total. The molecule has 0 atom stereocenters. The van der Waals surface area contributed by atoms with Gasteiger partial charge in [0.25, 0.3) is 5.91 Å². The minimum Gasteiger partial charge on any atom is -0.337 e. The van der Waals surface area contributed by atoms with Crippen LogP contribution in [0.1, 0.15) is 27.9 Å². The zero-order chi connectivity index (χ0) is 11.5. The molecule has 0 bridgehead atoms. The first-order valence-electron chi connectivity index (χ1n) is 5.48. The zero-order valence-electron chi connectivity index (χ0n) is 9.36. The van der Waals surface area contributed by atoms with E-state index >= 15 is 0 Å². The first-order chi connectivity index (χ1) is 7.72. The van der Waals surface area contributed by atoms with Gasteiger partial charge < -0.3 is 4.90 Å². The average molecular weight is 214 g/mol. The van der Waals surface area contributed by atoms with Gasteiger partial charge in [-0.25, -0.2) is 0 Å². The van der Waals surface area contributed by atoms with Gasteiger partial charge in [-0.15, -0.1) is 0 Å². The molecule has 0 radical (unpaired) electrons. The molecule has 3 nitrogen and oxygen atoms in total. The van der Waals surface area contributed by atoms with Crippen molar-refractivity contribution in [1.82, 2.24) is 4.90 Å². The molecule has 1 aromatic carbocycles. The molecule has 1 amide bonds. The summed E-state index contributed by atoms with van der Waals surface area (Å²) in [5.41, 5.74) is 3.04. The SMILES string of the molecule is Cc1ccc2c(c1)C(=O)N(CCC#N)CC2. The summed E-state index contributed by atoms with van der Waals surface area (Å²) >= 11 is 0. The molecule has 2 rings (SSSR count). The summed E-state index contributed by atoms with van der Waals surface area (Å²) < 4.78 is 0. The minimum absolute atomic E-state index is 0.0696. The Morgan fingerprint density at radius 2 is 2.31 bits per heavy atom. The molecule has 82 valence electrons. The van der Waals surface area contributed by atoms with Gasteiger partial charge in [0.2, 0.25) is 0 Å². The van der Waals surface area contributed by atoms with E-state index in [1.165, 1.54) is 0 Å². The van der Waals surface area contributed by atoms with Crippen molar-refractivity contribution in [2.24, 2.45) is 0 Å². The predicted molar refractivity (Wildman–Crippen MR) is 61.0 cm³/mol. The molecule has 1 aliphatic heterocycles. The van der Waals surface area contributed by atoms with Crippen molar-refractivity contribution in [2.75, 3.05) is 13.1 Å². The van der Waals surface area contributed by atoms with E-state index < -0.39 is 0 Å². The third-order valence-corrected chi connectivity index (χ3v) is 2.93. The lowest BCUT2D eigenvalue weighted by Crippen LogP contribution is -2.38. The molecule has 1 heterocycles. The van der Waals surface area contributed by atoms with Crippen LogP contribution in [0.3, 0.4) is 0 Å². The van der Waals surface area contributed by atoms with Crippen molar-refractivity contribution >= 4 is 5.91 Å². The number of carbonyl (C=O) groups excluding carboxylic acids is 1. The molecule has 0 spiro atoms. The highest BCUT2D eigenvalue weighted by Gasteiger charge is 2.23. The Balaban J connectivity index is 2.24. The number of aryl methyl sites for hydroxylation is 1. The molecule has 0 aromatic heterocycles. The van der Waals surface area contributed by atoms with E-state index in [2.05, 4.69) is 6.07 Å². The lowest BCUT2D eigenvalue weighted by molar-refractivity contribution is 0.0743. The van der Waals surface area contributed by atoms with Crippen molar-refractivity contribution in [3.8, 4) is 6.07 Å². The Kier molecular flexibility index (Phi) is 2.91. The van der Waals surface area contributed by atoms with E-state index in [0.717, 1.165) is 29.7 Å². The van der Waals surface area contributed by atoms with Crippen molar-refractivity contribution < 1.29 is 4.79 Å². The summed E-state index contributed by atoms with van der Waals surface area (Å²) in [7, 11) is 0. The van der Waals surface area contributed by atoms with Gasteiger partial charge in [-0.05, 0) is 25.0 Å². The van der Waals surface area contributed by atoms with Gasteiger partial charge >= 0.3 is 0 Å². The van der Waals surface area contributed by atoms with Gasteiger partial charge in [0, 0.05) is 18.7 Å². The minimum atomic E-state index is 0.0696. The highest BCUT2D eigenvalue weighted by Crippen LogP contribution is 2.20. The second kappa shape index (κ2) is 4.36. The molecule has 0 aliphatic carbocycles. The van der Waals surface area contributed by atoms with Crippen LogP contribution < -0.4 is 0 Å². The third-order valence-electron chi connectivity index (χ3n) is 2.93. The van der Waals surface area contributed by atoms with Crippen molar-refractivity contribution in [1.29, 1.82) is 5.26 Å². The first-order valence-corrected chi connectivity index (χ1v) is 5.48. The second-order valence-electron chi connectivity index (χ2n) is 4.11. The summed E-state index contributed by atoms with van der Waals surface area (Å²) in [4.78, 5) is 13.9. The lowest BCUT2D eigenvalue weighted by atomic mass is 9.97. The number of rotatable bonds is 2. The van der Waals surface area contributed by atoms with E-state index in [1.807, 2.05) is 25.1 Å². The highest BCUT2D eigenvalue weighted by atomic mass is 16.2. The molecule has 0 saturated carbocycles. The van der Waals surface area contributed by atoms with Gasteiger partial charge in [-0.1, -0.05) is 17.7 Å². The second-order valence-corrected chi connectivity index (χ2v) is 4.11. The fourth-order valence-corrected chi connectivity index (χ4v) is 2.03. The number of benzene rings is 1. The average Bonchev–Trinajstić information content (AvgIpc) is 2.29. The standard InChI is InChI=1S/C13H14N2O/c1-10-3-4-11-5-8-15(7-2-6-14)13(16)12(11)9-10/h3-4,9H,2,5,7-8H2,1H3. The van der Waals surface area contributed by atoms with E-state index in [0.29, 0.717) is 13.0 Å². The van der Waals surface area contributed by atoms with Gasteiger partial charge in [-0.3, -0.25) is 4.79 Å². The van der Waals surface area contributed by atoms with Gasteiger partial charge in [-0.2, -0.15) is 5.26 Å². The predicted octanol–water partition coefficient (Wildman–Crippen LogP) is 1.91. The number of hydrogen-bond acceptors (Lipinski definition) is 2. The van der Waals surface area contributed by atoms with Gasteiger partial charge in [0.05, 0.1) is 12.5 Å². The summed E-state index contributed by atoms with van der Waals surface area (Å²) in [6, 6.07) is 8.09. The molecule has 0 saturated heterocycles. The maximum atomic E-state index is 12.1. The quantitative estimate of drug-likeness (QED) is 0.754. The van der Waals surface area contributed by atoms with Gasteiger partial charge in [0.15, 0.2) is 0 Å². The molecule has 16 heavy (non-hydrogen) atoms. The summed E-state index contributed by atoms with van der Waals surface area (Å²) in [6.45, 7) is 3.26. The number of carbonyl (C=O) groups is 1. The normalized spacial score (nSPS) is 14.5. The van der Waals surface area contributed by atoms with Crippen LogP contribution >= 0.6 is 0 Å². The van der Waals surface area contributed by atoms with Crippen molar-refractivity contribution in [3.05, 3.63) is 34.9 Å². The maximum absolute atomic E-state index is 12.1. The summed E-state index contributed by atoms with van der Waals surface area (Å²) in [5, 5.41) is 8.53. The van der Waals surface area contributed by atoms with Crippen molar-refractivity contribution in [3.63, 3.8) is 0 Å². The van der Waals surface area contributed by atoms with Crippen LogP contribution in [0.2, 0.25) is 0 Å². The van der Waals surface area contributed by atoms with Crippen LogP contribution in [0.5, 0.6) is 0 Å². The fourth-order valence-electron chi connectivity index (χ4n) is 2.03. The van der Waals surface area contributed by atoms with Crippen molar-refractivity contribution in [2.45, 2.75) is 19.8 Å². The Bertz CT molecular complexity index is 459. The number of fused-ring (bicyclic) bond motifs is 1. The largest absolute Gasteiger partial charge is 0.337 e. The van der Waals surface area contributed by atoms with E-state index in [-0.39, 0.29) is 5.91 Å². The number of nitrogens with zero attached hydrogens (tertiary/aromatic N) is 2. The number of hydrogen-bond donors (Lipinski definition) is 0. The summed E-state index contributed by atoms with van der Waals surface area (Å²) in [5.74, 6) is 0.0696. The van der Waals surface area contributed by atoms with Crippen LogP contribution in [-0.2, 0) is 6.42 Å². The Labute approximate surface area is 95.3 Å². The molecule has 1 aromatic rings. The monoisotopic (exact) mass is 214 g/mol. The Hall–Kier alpha value is -1.82. The Morgan fingerprint density at radius 3 is 3.06 bits per heavy atom. The Morgan fingerprint density at radius 1 is 1.50 bits per heavy atom. The van der Waals surface area contributed by atoms with Gasteiger partial charge in [0.1, 0.15) is 0 Å². The fraction of sp³-hybridized carbons (Fsp3) is 0.385. The molecule has 0 fully saturated rings.